The fraction of sp³-hybridized carbons (Fsp3) is 0.923. The molecule has 92 valence electrons. The van der Waals surface area contributed by atoms with Crippen LogP contribution in [0.2, 0.25) is 0 Å². The van der Waals surface area contributed by atoms with E-state index in [4.69, 9.17) is 4.74 Å². The van der Waals surface area contributed by atoms with Crippen molar-refractivity contribution in [1.29, 1.82) is 0 Å². The Morgan fingerprint density at radius 1 is 1.31 bits per heavy atom. The molecule has 3 heteroatoms. The summed E-state index contributed by atoms with van der Waals surface area (Å²) in [7, 11) is 0. The molecule has 2 atom stereocenters. The van der Waals surface area contributed by atoms with Crippen molar-refractivity contribution in [2.45, 2.75) is 51.5 Å². The van der Waals surface area contributed by atoms with Crippen molar-refractivity contribution < 1.29 is 9.53 Å². The lowest BCUT2D eigenvalue weighted by Crippen LogP contribution is -2.43. The number of carbonyl (C=O) groups is 1. The first-order valence-electron chi connectivity index (χ1n) is 6.71. The highest BCUT2D eigenvalue weighted by molar-refractivity contribution is 5.69. The number of fused-ring (bicyclic) bond motifs is 1. The summed E-state index contributed by atoms with van der Waals surface area (Å²) in [5.41, 5.74) is 0. The molecule has 3 nitrogen and oxygen atoms in total. The summed E-state index contributed by atoms with van der Waals surface area (Å²) in [5.74, 6) is 0.874. The van der Waals surface area contributed by atoms with Crippen molar-refractivity contribution in [3.63, 3.8) is 0 Å². The number of piperidine rings is 1. The van der Waals surface area contributed by atoms with Gasteiger partial charge in [-0.1, -0.05) is 6.42 Å². The number of ether oxygens (including phenoxy) is 1. The van der Waals surface area contributed by atoms with E-state index in [1.54, 1.807) is 0 Å². The van der Waals surface area contributed by atoms with Gasteiger partial charge in [0.1, 0.15) is 0 Å². The van der Waals surface area contributed by atoms with E-state index in [1.165, 1.54) is 38.6 Å². The number of carbonyl (C=O) groups excluding carboxylic acids is 1. The Morgan fingerprint density at radius 3 is 2.94 bits per heavy atom. The fourth-order valence-electron chi connectivity index (χ4n) is 3.30. The van der Waals surface area contributed by atoms with Crippen LogP contribution in [-0.4, -0.2) is 36.6 Å². The molecule has 0 N–H and O–H groups in total. The van der Waals surface area contributed by atoms with Crippen LogP contribution in [-0.2, 0) is 9.53 Å². The lowest BCUT2D eigenvalue weighted by Gasteiger charge is -2.37. The van der Waals surface area contributed by atoms with Crippen molar-refractivity contribution in [2.75, 3.05) is 19.7 Å². The molecule has 0 bridgehead atoms. The Balaban J connectivity index is 1.77. The Bertz CT molecular complexity index is 242. The zero-order valence-corrected chi connectivity index (χ0v) is 10.3. The smallest absolute Gasteiger partial charge is 0.307 e. The molecular weight excluding hydrogens is 202 g/mol. The molecule has 0 amide bonds. The molecule has 1 heterocycles. The summed E-state index contributed by atoms with van der Waals surface area (Å²) in [5, 5.41) is 0. The molecule has 2 fully saturated rings. The van der Waals surface area contributed by atoms with Crippen LogP contribution in [0, 0.1) is 5.92 Å². The second-order valence-electron chi connectivity index (χ2n) is 4.99. The number of likely N-dealkylation sites (tertiary alicyclic amines) is 1. The summed E-state index contributed by atoms with van der Waals surface area (Å²) < 4.78 is 4.98. The van der Waals surface area contributed by atoms with Crippen LogP contribution in [0.15, 0.2) is 0 Å². The third kappa shape index (κ3) is 2.76. The molecule has 0 aromatic carbocycles. The quantitative estimate of drug-likeness (QED) is 0.687. The molecule has 16 heavy (non-hydrogen) atoms. The number of nitrogens with zero attached hydrogens (tertiary/aromatic N) is 1. The SMILES string of the molecule is CCOC(=O)CCN1CCCC2CCCC21. The van der Waals surface area contributed by atoms with Gasteiger partial charge in [0.05, 0.1) is 13.0 Å². The molecule has 0 radical (unpaired) electrons. The maximum atomic E-state index is 11.3. The average molecular weight is 225 g/mol. The largest absolute Gasteiger partial charge is 0.466 e. The number of hydrogen-bond donors (Lipinski definition) is 0. The average Bonchev–Trinajstić information content (AvgIpc) is 2.75. The van der Waals surface area contributed by atoms with Crippen molar-refractivity contribution in [2.24, 2.45) is 5.92 Å². The lowest BCUT2D eigenvalue weighted by atomic mass is 9.92. The molecule has 1 saturated carbocycles. The molecule has 2 rings (SSSR count). The first-order chi connectivity index (χ1) is 7.81. The van der Waals surface area contributed by atoms with Gasteiger partial charge in [-0.25, -0.2) is 0 Å². The van der Waals surface area contributed by atoms with E-state index < -0.39 is 0 Å². The van der Waals surface area contributed by atoms with E-state index in [2.05, 4.69) is 4.90 Å². The monoisotopic (exact) mass is 225 g/mol. The second-order valence-corrected chi connectivity index (χ2v) is 4.99. The summed E-state index contributed by atoms with van der Waals surface area (Å²) in [4.78, 5) is 13.9. The Labute approximate surface area is 98.1 Å². The summed E-state index contributed by atoms with van der Waals surface area (Å²) in [6.45, 7) is 4.46. The number of hydrogen-bond acceptors (Lipinski definition) is 3. The Hall–Kier alpha value is -0.570. The molecule has 1 aliphatic heterocycles. The third-order valence-corrected chi connectivity index (χ3v) is 4.02. The summed E-state index contributed by atoms with van der Waals surface area (Å²) >= 11 is 0. The second kappa shape index (κ2) is 5.67. The maximum Gasteiger partial charge on any atom is 0.307 e. The van der Waals surface area contributed by atoms with Crippen molar-refractivity contribution >= 4 is 5.97 Å². The summed E-state index contributed by atoms with van der Waals surface area (Å²) in [6, 6.07) is 0.767. The minimum absolute atomic E-state index is 0.0392. The van der Waals surface area contributed by atoms with Gasteiger partial charge in [-0.2, -0.15) is 0 Å². The van der Waals surface area contributed by atoms with Crippen molar-refractivity contribution in [3.8, 4) is 0 Å². The van der Waals surface area contributed by atoms with Crippen LogP contribution in [0.1, 0.15) is 45.4 Å². The van der Waals surface area contributed by atoms with Gasteiger partial charge >= 0.3 is 5.97 Å². The molecule has 2 aliphatic rings. The maximum absolute atomic E-state index is 11.3. The van der Waals surface area contributed by atoms with Gasteiger partial charge in [0.25, 0.3) is 0 Å². The lowest BCUT2D eigenvalue weighted by molar-refractivity contribution is -0.143. The van der Waals surface area contributed by atoms with E-state index in [0.29, 0.717) is 13.0 Å². The van der Waals surface area contributed by atoms with Crippen LogP contribution >= 0.6 is 0 Å². The van der Waals surface area contributed by atoms with E-state index in [-0.39, 0.29) is 5.97 Å². The molecule has 0 aromatic rings. The van der Waals surface area contributed by atoms with E-state index in [9.17, 15) is 4.79 Å². The predicted molar refractivity (Wildman–Crippen MR) is 63.2 cm³/mol. The third-order valence-electron chi connectivity index (χ3n) is 4.02. The zero-order valence-electron chi connectivity index (χ0n) is 10.3. The predicted octanol–water partition coefficient (Wildman–Crippen LogP) is 2.20. The van der Waals surface area contributed by atoms with E-state index in [1.807, 2.05) is 6.92 Å². The van der Waals surface area contributed by atoms with Gasteiger partial charge in [0.2, 0.25) is 0 Å². The van der Waals surface area contributed by atoms with Gasteiger partial charge in [-0.3, -0.25) is 9.69 Å². The fourth-order valence-corrected chi connectivity index (χ4v) is 3.30. The molecule has 1 saturated heterocycles. The first-order valence-corrected chi connectivity index (χ1v) is 6.71. The Morgan fingerprint density at radius 2 is 2.12 bits per heavy atom. The highest BCUT2D eigenvalue weighted by atomic mass is 16.5. The van der Waals surface area contributed by atoms with Gasteiger partial charge in [-0.05, 0) is 45.1 Å². The van der Waals surface area contributed by atoms with Gasteiger partial charge < -0.3 is 4.74 Å². The molecule has 0 aromatic heterocycles. The van der Waals surface area contributed by atoms with Crippen molar-refractivity contribution in [3.05, 3.63) is 0 Å². The molecule has 2 unspecified atom stereocenters. The standard InChI is InChI=1S/C13H23NO2/c1-2-16-13(15)8-10-14-9-4-6-11-5-3-7-12(11)14/h11-12H,2-10H2,1H3. The van der Waals surface area contributed by atoms with Crippen molar-refractivity contribution in [1.82, 2.24) is 4.90 Å². The van der Waals surface area contributed by atoms with Crippen LogP contribution in [0.4, 0.5) is 0 Å². The van der Waals surface area contributed by atoms with Crippen LogP contribution in [0.25, 0.3) is 0 Å². The highest BCUT2D eigenvalue weighted by Gasteiger charge is 2.34. The van der Waals surface area contributed by atoms with E-state index in [0.717, 1.165) is 18.5 Å². The molecular formula is C13H23NO2. The molecule has 0 spiro atoms. The number of esters is 1. The van der Waals surface area contributed by atoms with Gasteiger partial charge in [0, 0.05) is 12.6 Å². The normalized spacial score (nSPS) is 30.1. The van der Waals surface area contributed by atoms with Crippen LogP contribution in [0.5, 0.6) is 0 Å². The van der Waals surface area contributed by atoms with Crippen LogP contribution < -0.4 is 0 Å². The molecule has 1 aliphatic carbocycles. The zero-order chi connectivity index (χ0) is 11.4. The first kappa shape index (κ1) is 11.9. The van der Waals surface area contributed by atoms with Crippen LogP contribution in [0.3, 0.4) is 0 Å². The Kier molecular flexibility index (Phi) is 4.22. The minimum atomic E-state index is -0.0392. The highest BCUT2D eigenvalue weighted by Crippen LogP contribution is 2.36. The number of rotatable bonds is 4. The van der Waals surface area contributed by atoms with E-state index >= 15 is 0 Å². The summed E-state index contributed by atoms with van der Waals surface area (Å²) in [6.07, 6.45) is 7.40. The topological polar surface area (TPSA) is 29.5 Å². The van der Waals surface area contributed by atoms with Gasteiger partial charge in [0.15, 0.2) is 0 Å². The minimum Gasteiger partial charge on any atom is -0.466 e. The van der Waals surface area contributed by atoms with Gasteiger partial charge in [-0.15, -0.1) is 0 Å².